The van der Waals surface area contributed by atoms with Crippen LogP contribution in [0.5, 0.6) is 11.5 Å². The Morgan fingerprint density at radius 3 is 2.19 bits per heavy atom. The Morgan fingerprint density at radius 1 is 1.10 bits per heavy atom. The Kier molecular flexibility index (Phi) is 4.43. The van der Waals surface area contributed by atoms with E-state index in [0.29, 0.717) is 11.3 Å². The van der Waals surface area contributed by atoms with Crippen molar-refractivity contribution in [2.75, 3.05) is 7.11 Å². The molecule has 0 aliphatic heterocycles. The van der Waals surface area contributed by atoms with Crippen molar-refractivity contribution < 1.29 is 14.6 Å². The zero-order valence-electron chi connectivity index (χ0n) is 12.4. The quantitative estimate of drug-likeness (QED) is 0.683. The first-order chi connectivity index (χ1) is 10.0. The van der Waals surface area contributed by atoms with Crippen LogP contribution in [-0.2, 0) is 0 Å². The lowest BCUT2D eigenvalue weighted by Gasteiger charge is -2.04. The maximum Gasteiger partial charge on any atom is 0.185 e. The number of aromatic hydroxyl groups is 1. The highest BCUT2D eigenvalue weighted by molar-refractivity contribution is 6.06. The van der Waals surface area contributed by atoms with Crippen LogP contribution in [-0.4, -0.2) is 18.0 Å². The van der Waals surface area contributed by atoms with E-state index in [1.807, 2.05) is 26.0 Å². The highest BCUT2D eigenvalue weighted by Gasteiger charge is 2.04. The van der Waals surface area contributed by atoms with Gasteiger partial charge < -0.3 is 9.84 Å². The number of hydrogen-bond donors (Lipinski definition) is 1. The van der Waals surface area contributed by atoms with Gasteiger partial charge in [0.2, 0.25) is 0 Å². The van der Waals surface area contributed by atoms with E-state index in [1.54, 1.807) is 37.5 Å². The van der Waals surface area contributed by atoms with Crippen molar-refractivity contribution in [1.29, 1.82) is 0 Å². The Balaban J connectivity index is 2.18. The molecule has 0 aliphatic rings. The zero-order valence-corrected chi connectivity index (χ0v) is 12.4. The van der Waals surface area contributed by atoms with Crippen molar-refractivity contribution in [3.05, 3.63) is 64.7 Å². The third-order valence-electron chi connectivity index (χ3n) is 3.32. The van der Waals surface area contributed by atoms with Crippen molar-refractivity contribution in [2.45, 2.75) is 13.8 Å². The first-order valence-corrected chi connectivity index (χ1v) is 6.68. The van der Waals surface area contributed by atoms with Crippen LogP contribution in [0.2, 0.25) is 0 Å². The largest absolute Gasteiger partial charge is 0.507 e. The number of rotatable bonds is 4. The van der Waals surface area contributed by atoms with Gasteiger partial charge in [0.1, 0.15) is 11.5 Å². The Hall–Kier alpha value is -2.55. The van der Waals surface area contributed by atoms with Crippen molar-refractivity contribution in [1.82, 2.24) is 0 Å². The van der Waals surface area contributed by atoms with E-state index < -0.39 is 0 Å². The molecule has 2 aromatic rings. The molecule has 0 fully saturated rings. The standard InChI is InChI=1S/C18H18O3/c1-12-10-14(11-13(2)18(12)20)4-9-17(19)15-5-7-16(21-3)8-6-15/h4-11,20H,1-3H3/b9-4+. The normalized spacial score (nSPS) is 10.8. The molecule has 0 bridgehead atoms. The smallest absolute Gasteiger partial charge is 0.185 e. The number of ether oxygens (including phenoxy) is 1. The number of hydrogen-bond acceptors (Lipinski definition) is 3. The molecule has 2 aromatic carbocycles. The lowest BCUT2D eigenvalue weighted by Crippen LogP contribution is -1.94. The number of phenolic OH excluding ortho intramolecular Hbond substituents is 1. The van der Waals surface area contributed by atoms with Gasteiger partial charge >= 0.3 is 0 Å². The molecule has 0 aliphatic carbocycles. The third-order valence-corrected chi connectivity index (χ3v) is 3.32. The topological polar surface area (TPSA) is 46.5 Å². The molecule has 0 saturated heterocycles. The van der Waals surface area contributed by atoms with E-state index in [2.05, 4.69) is 0 Å². The molecule has 0 atom stereocenters. The molecule has 3 nitrogen and oxygen atoms in total. The maximum atomic E-state index is 12.1. The third kappa shape index (κ3) is 3.51. The van der Waals surface area contributed by atoms with Crippen molar-refractivity contribution in [3.63, 3.8) is 0 Å². The van der Waals surface area contributed by atoms with E-state index in [9.17, 15) is 9.90 Å². The number of carbonyl (C=O) groups excluding carboxylic acids is 1. The first kappa shape index (κ1) is 14.9. The molecule has 0 radical (unpaired) electrons. The fourth-order valence-corrected chi connectivity index (χ4v) is 2.11. The van der Waals surface area contributed by atoms with Gasteiger partial charge in [-0.1, -0.05) is 6.08 Å². The van der Waals surface area contributed by atoms with Gasteiger partial charge in [0, 0.05) is 5.56 Å². The van der Waals surface area contributed by atoms with E-state index in [-0.39, 0.29) is 5.78 Å². The minimum absolute atomic E-state index is 0.0685. The average molecular weight is 282 g/mol. The summed E-state index contributed by atoms with van der Waals surface area (Å²) < 4.78 is 5.06. The Labute approximate surface area is 124 Å². The van der Waals surface area contributed by atoms with Crippen LogP contribution >= 0.6 is 0 Å². The van der Waals surface area contributed by atoms with Crippen LogP contribution in [0.25, 0.3) is 6.08 Å². The van der Waals surface area contributed by atoms with Gasteiger partial charge in [0.25, 0.3) is 0 Å². The van der Waals surface area contributed by atoms with Gasteiger partial charge in [-0.25, -0.2) is 0 Å². The monoisotopic (exact) mass is 282 g/mol. The second kappa shape index (κ2) is 6.27. The number of phenols is 1. The van der Waals surface area contributed by atoms with Gasteiger partial charge in [-0.3, -0.25) is 4.79 Å². The number of carbonyl (C=O) groups is 1. The molecule has 1 N–H and O–H groups in total. The summed E-state index contributed by atoms with van der Waals surface area (Å²) in [7, 11) is 1.59. The number of ketones is 1. The summed E-state index contributed by atoms with van der Waals surface area (Å²) in [6.07, 6.45) is 3.29. The van der Waals surface area contributed by atoms with Crippen LogP contribution < -0.4 is 4.74 Å². The summed E-state index contributed by atoms with van der Waals surface area (Å²) in [4.78, 5) is 12.1. The Morgan fingerprint density at radius 2 is 1.67 bits per heavy atom. The van der Waals surface area contributed by atoms with Crippen LogP contribution in [0.15, 0.2) is 42.5 Å². The van der Waals surface area contributed by atoms with Gasteiger partial charge in [0.05, 0.1) is 7.11 Å². The number of methoxy groups -OCH3 is 1. The predicted molar refractivity (Wildman–Crippen MR) is 83.9 cm³/mol. The van der Waals surface area contributed by atoms with Crippen LogP contribution in [0, 0.1) is 13.8 Å². The summed E-state index contributed by atoms with van der Waals surface area (Å²) in [6, 6.07) is 10.7. The molecule has 0 saturated carbocycles. The van der Waals surface area contributed by atoms with E-state index in [0.717, 1.165) is 22.4 Å². The van der Waals surface area contributed by atoms with Crippen molar-refractivity contribution in [2.24, 2.45) is 0 Å². The van der Waals surface area contributed by atoms with E-state index in [1.165, 1.54) is 6.08 Å². The lowest BCUT2D eigenvalue weighted by molar-refractivity contribution is 0.104. The zero-order chi connectivity index (χ0) is 15.4. The molecule has 0 amide bonds. The number of allylic oxidation sites excluding steroid dienone is 1. The second-order valence-corrected chi connectivity index (χ2v) is 4.93. The summed E-state index contributed by atoms with van der Waals surface area (Å²) in [5.41, 5.74) is 3.10. The molecule has 108 valence electrons. The van der Waals surface area contributed by atoms with Gasteiger partial charge in [-0.15, -0.1) is 0 Å². The van der Waals surface area contributed by atoms with Gasteiger partial charge in [-0.2, -0.15) is 0 Å². The summed E-state index contributed by atoms with van der Waals surface area (Å²) in [5, 5.41) is 9.73. The molecular weight excluding hydrogens is 264 g/mol. The maximum absolute atomic E-state index is 12.1. The molecule has 0 unspecified atom stereocenters. The SMILES string of the molecule is COc1ccc(C(=O)/C=C/c2cc(C)c(O)c(C)c2)cc1. The lowest BCUT2D eigenvalue weighted by atomic mass is 10.0. The van der Waals surface area contributed by atoms with Crippen LogP contribution in [0.3, 0.4) is 0 Å². The summed E-state index contributed by atoms with van der Waals surface area (Å²) in [6.45, 7) is 3.68. The fraction of sp³-hybridized carbons (Fsp3) is 0.167. The first-order valence-electron chi connectivity index (χ1n) is 6.68. The molecule has 21 heavy (non-hydrogen) atoms. The Bertz CT molecular complexity index is 659. The average Bonchev–Trinajstić information content (AvgIpc) is 2.50. The summed E-state index contributed by atoms with van der Waals surface area (Å²) >= 11 is 0. The van der Waals surface area contributed by atoms with Gasteiger partial charge in [0.15, 0.2) is 5.78 Å². The fourth-order valence-electron chi connectivity index (χ4n) is 2.11. The minimum atomic E-state index is -0.0685. The van der Waals surface area contributed by atoms with Gasteiger partial charge in [-0.05, 0) is 73.0 Å². The van der Waals surface area contributed by atoms with Crippen molar-refractivity contribution in [3.8, 4) is 11.5 Å². The highest BCUT2D eigenvalue weighted by Crippen LogP contribution is 2.23. The number of aryl methyl sites for hydroxylation is 2. The molecule has 3 heteroatoms. The van der Waals surface area contributed by atoms with Crippen LogP contribution in [0.4, 0.5) is 0 Å². The molecule has 0 heterocycles. The number of benzene rings is 2. The highest BCUT2D eigenvalue weighted by atomic mass is 16.5. The van der Waals surface area contributed by atoms with E-state index >= 15 is 0 Å². The van der Waals surface area contributed by atoms with Crippen molar-refractivity contribution >= 4 is 11.9 Å². The summed E-state index contributed by atoms with van der Waals surface area (Å²) in [5.74, 6) is 0.954. The molecular formula is C18H18O3. The predicted octanol–water partition coefficient (Wildman–Crippen LogP) is 3.91. The minimum Gasteiger partial charge on any atom is -0.507 e. The molecule has 0 aromatic heterocycles. The molecule has 0 spiro atoms. The van der Waals surface area contributed by atoms with Crippen LogP contribution in [0.1, 0.15) is 27.0 Å². The van der Waals surface area contributed by atoms with E-state index in [4.69, 9.17) is 4.74 Å². The molecule has 2 rings (SSSR count). The second-order valence-electron chi connectivity index (χ2n) is 4.93.